The van der Waals surface area contributed by atoms with Crippen LogP contribution in [0.5, 0.6) is 5.88 Å². The minimum atomic E-state index is -1.45. The zero-order valence-corrected chi connectivity index (χ0v) is 29.9. The van der Waals surface area contributed by atoms with Crippen LogP contribution >= 0.6 is 0 Å². The number of carbonyl (C=O) groups is 3. The number of fused-ring (bicyclic) bond motifs is 1. The minimum absolute atomic E-state index is 0.0225. The zero-order chi connectivity index (χ0) is 36.7. The fourth-order valence-corrected chi connectivity index (χ4v) is 6.48. The summed E-state index contributed by atoms with van der Waals surface area (Å²) >= 11 is 0. The van der Waals surface area contributed by atoms with Gasteiger partial charge in [-0.1, -0.05) is 84.9 Å². The van der Waals surface area contributed by atoms with Gasteiger partial charge in [0.05, 0.1) is 23.7 Å². The van der Waals surface area contributed by atoms with Gasteiger partial charge in [0, 0.05) is 41.9 Å². The summed E-state index contributed by atoms with van der Waals surface area (Å²) in [7, 11) is 0. The third-order valence-corrected chi connectivity index (χ3v) is 8.95. The lowest BCUT2D eigenvalue weighted by atomic mass is 9.73. The average molecular weight is 702 g/mol. The minimum Gasteiger partial charge on any atom is -0.473 e. The number of hydrogen-bond donors (Lipinski definition) is 0. The van der Waals surface area contributed by atoms with Crippen LogP contribution in [0, 0.1) is 11.3 Å². The van der Waals surface area contributed by atoms with Crippen molar-refractivity contribution in [2.45, 2.75) is 52.9 Å². The fraction of sp³-hybridized carbons (Fsp3) is 0.310. The zero-order valence-electron chi connectivity index (χ0n) is 29.9. The Balaban J connectivity index is 1.25. The number of rotatable bonds is 11. The van der Waals surface area contributed by atoms with Crippen molar-refractivity contribution in [2.75, 3.05) is 19.7 Å². The van der Waals surface area contributed by atoms with E-state index in [4.69, 9.17) is 23.9 Å². The van der Waals surface area contributed by atoms with Crippen molar-refractivity contribution < 1.29 is 33.3 Å². The van der Waals surface area contributed by atoms with Gasteiger partial charge in [-0.15, -0.1) is 0 Å². The lowest BCUT2D eigenvalue weighted by molar-refractivity contribution is -0.166. The van der Waals surface area contributed by atoms with E-state index >= 15 is 0 Å². The molecule has 0 spiro atoms. The summed E-state index contributed by atoms with van der Waals surface area (Å²) in [6, 6.07) is 32.8. The number of esters is 2. The van der Waals surface area contributed by atoms with Crippen molar-refractivity contribution >= 4 is 28.9 Å². The molecule has 0 saturated carbocycles. The molecule has 6 rings (SSSR count). The number of pyridine rings is 2. The van der Waals surface area contributed by atoms with E-state index in [0.29, 0.717) is 11.4 Å². The lowest BCUT2D eigenvalue weighted by Crippen LogP contribution is -2.46. The van der Waals surface area contributed by atoms with Crippen LogP contribution in [0.4, 0.5) is 4.79 Å². The van der Waals surface area contributed by atoms with Crippen molar-refractivity contribution in [1.29, 1.82) is 0 Å². The third-order valence-electron chi connectivity index (χ3n) is 8.95. The highest BCUT2D eigenvalue weighted by atomic mass is 16.6. The van der Waals surface area contributed by atoms with Gasteiger partial charge in [-0.3, -0.25) is 9.59 Å². The fourth-order valence-electron chi connectivity index (χ4n) is 6.48. The van der Waals surface area contributed by atoms with E-state index in [0.717, 1.165) is 33.3 Å². The normalized spacial score (nSPS) is 17.1. The first-order chi connectivity index (χ1) is 25.0. The molecule has 0 aliphatic carbocycles. The Labute approximate surface area is 303 Å². The molecule has 0 bridgehead atoms. The van der Waals surface area contributed by atoms with E-state index in [1.165, 1.54) is 4.90 Å². The predicted octanol–water partition coefficient (Wildman–Crippen LogP) is 7.58. The Bertz CT molecular complexity index is 2010. The van der Waals surface area contributed by atoms with Gasteiger partial charge in [0.25, 0.3) is 0 Å². The summed E-state index contributed by atoms with van der Waals surface area (Å²) in [6.07, 6.45) is 1.07. The molecule has 1 fully saturated rings. The van der Waals surface area contributed by atoms with E-state index in [1.807, 2.05) is 97.1 Å². The Kier molecular flexibility index (Phi) is 10.8. The Morgan fingerprint density at radius 2 is 1.56 bits per heavy atom. The monoisotopic (exact) mass is 701 g/mol. The standard InChI is InChI=1S/C42H43N3O7/c1-5-49-39(47)42(28-45(40(48)52-41(2,3)4)25-34(42)38(46)51-26-29-14-8-6-9-15-29)23-30-20-21-37(43-24-30)50-27-32-22-36(31-16-10-7-11-17-31)44-35-19-13-12-18-33(32)35/h6-22,24,34H,5,23,25-28H2,1-4H3/t34-,42+/m1/s1. The van der Waals surface area contributed by atoms with E-state index in [1.54, 1.807) is 40.0 Å². The van der Waals surface area contributed by atoms with Gasteiger partial charge >= 0.3 is 18.0 Å². The first-order valence-corrected chi connectivity index (χ1v) is 17.4. The molecule has 5 aromatic rings. The van der Waals surface area contributed by atoms with Crippen LogP contribution in [-0.4, -0.2) is 58.2 Å². The third kappa shape index (κ3) is 8.39. The van der Waals surface area contributed by atoms with E-state index in [2.05, 4.69) is 4.98 Å². The molecule has 0 N–H and O–H groups in total. The van der Waals surface area contributed by atoms with Gasteiger partial charge in [0.2, 0.25) is 5.88 Å². The smallest absolute Gasteiger partial charge is 0.410 e. The molecule has 3 heterocycles. The maximum Gasteiger partial charge on any atom is 0.410 e. The first-order valence-electron chi connectivity index (χ1n) is 17.4. The van der Waals surface area contributed by atoms with Crippen molar-refractivity contribution in [3.05, 3.63) is 126 Å². The van der Waals surface area contributed by atoms with Crippen molar-refractivity contribution in [1.82, 2.24) is 14.9 Å². The Hall–Kier alpha value is -5.77. The molecule has 0 unspecified atom stereocenters. The SMILES string of the molecule is CCOC(=O)[C@@]1(Cc2ccc(OCc3cc(-c4ccccc4)nc4ccccc34)nc2)CN(C(=O)OC(C)(C)C)C[C@@H]1C(=O)OCc1ccccc1. The second-order valence-electron chi connectivity index (χ2n) is 13.9. The number of carbonyl (C=O) groups excluding carboxylic acids is 3. The lowest BCUT2D eigenvalue weighted by Gasteiger charge is -2.31. The highest BCUT2D eigenvalue weighted by molar-refractivity contribution is 5.89. The molecule has 0 radical (unpaired) electrons. The molecule has 1 saturated heterocycles. The summed E-state index contributed by atoms with van der Waals surface area (Å²) in [5, 5.41) is 0.983. The molecule has 1 amide bonds. The van der Waals surface area contributed by atoms with E-state index in [-0.39, 0.29) is 39.3 Å². The summed E-state index contributed by atoms with van der Waals surface area (Å²) in [5.74, 6) is -1.83. The number of para-hydroxylation sites is 1. The largest absolute Gasteiger partial charge is 0.473 e. The second-order valence-corrected chi connectivity index (χ2v) is 13.9. The van der Waals surface area contributed by atoms with E-state index in [9.17, 15) is 14.4 Å². The van der Waals surface area contributed by atoms with Crippen LogP contribution in [0.25, 0.3) is 22.2 Å². The second kappa shape index (κ2) is 15.6. The molecule has 1 aliphatic rings. The number of ether oxygens (including phenoxy) is 4. The molecule has 52 heavy (non-hydrogen) atoms. The number of nitrogens with zero attached hydrogens (tertiary/aromatic N) is 3. The van der Waals surface area contributed by atoms with Gasteiger partial charge < -0.3 is 23.8 Å². The molecule has 10 heteroatoms. The topological polar surface area (TPSA) is 117 Å². The highest BCUT2D eigenvalue weighted by Crippen LogP contribution is 2.42. The molecule has 10 nitrogen and oxygen atoms in total. The van der Waals surface area contributed by atoms with Crippen LogP contribution in [0.15, 0.2) is 109 Å². The molecule has 1 aliphatic heterocycles. The maximum absolute atomic E-state index is 13.9. The molecular formula is C42H43N3O7. The van der Waals surface area contributed by atoms with Crippen molar-refractivity contribution in [3.63, 3.8) is 0 Å². The summed E-state index contributed by atoms with van der Waals surface area (Å²) in [4.78, 5) is 51.9. The summed E-state index contributed by atoms with van der Waals surface area (Å²) < 4.78 is 23.2. The van der Waals surface area contributed by atoms with Gasteiger partial charge in [-0.2, -0.15) is 0 Å². The number of hydrogen-bond acceptors (Lipinski definition) is 9. The predicted molar refractivity (Wildman–Crippen MR) is 196 cm³/mol. The van der Waals surface area contributed by atoms with E-state index < -0.39 is 35.0 Å². The van der Waals surface area contributed by atoms with Gasteiger partial charge in [0.15, 0.2) is 0 Å². The quantitative estimate of drug-likeness (QED) is 0.102. The number of aromatic nitrogens is 2. The Morgan fingerprint density at radius 3 is 2.25 bits per heavy atom. The summed E-state index contributed by atoms with van der Waals surface area (Å²) in [6.45, 7) is 7.21. The van der Waals surface area contributed by atoms with Crippen LogP contribution < -0.4 is 4.74 Å². The molecule has 3 aromatic carbocycles. The first kappa shape index (κ1) is 36.0. The van der Waals surface area contributed by atoms with Crippen LogP contribution in [0.2, 0.25) is 0 Å². The number of benzene rings is 3. The molecule has 2 aromatic heterocycles. The Morgan fingerprint density at radius 1 is 0.846 bits per heavy atom. The van der Waals surface area contributed by atoms with Gasteiger partial charge in [-0.05, 0) is 57.4 Å². The van der Waals surface area contributed by atoms with Crippen LogP contribution in [0.3, 0.4) is 0 Å². The van der Waals surface area contributed by atoms with Crippen LogP contribution in [-0.2, 0) is 43.4 Å². The number of likely N-dealkylation sites (tertiary alicyclic amines) is 1. The average Bonchev–Trinajstić information content (AvgIpc) is 3.54. The molecule has 268 valence electrons. The maximum atomic E-state index is 13.9. The molecule has 2 atom stereocenters. The van der Waals surface area contributed by atoms with Crippen molar-refractivity contribution in [2.24, 2.45) is 11.3 Å². The number of amides is 1. The molecular weight excluding hydrogens is 658 g/mol. The highest BCUT2D eigenvalue weighted by Gasteiger charge is 2.58. The van der Waals surface area contributed by atoms with Gasteiger partial charge in [0.1, 0.15) is 24.2 Å². The van der Waals surface area contributed by atoms with Crippen molar-refractivity contribution in [3.8, 4) is 17.1 Å². The van der Waals surface area contributed by atoms with Crippen LogP contribution in [0.1, 0.15) is 44.4 Å². The van der Waals surface area contributed by atoms with Gasteiger partial charge in [-0.25, -0.2) is 14.8 Å². The summed E-state index contributed by atoms with van der Waals surface area (Å²) in [5.41, 5.74) is 2.91.